The van der Waals surface area contributed by atoms with E-state index in [1.165, 1.54) is 12.3 Å². The molecule has 6 heteroatoms. The van der Waals surface area contributed by atoms with Gasteiger partial charge in [-0.15, -0.1) is 0 Å². The van der Waals surface area contributed by atoms with E-state index in [2.05, 4.69) is 4.98 Å². The zero-order valence-electron chi connectivity index (χ0n) is 7.78. The summed E-state index contributed by atoms with van der Waals surface area (Å²) in [6.07, 6.45) is 1.37. The van der Waals surface area contributed by atoms with Gasteiger partial charge >= 0.3 is 0 Å². The first kappa shape index (κ1) is 11.8. The first-order valence-electron chi connectivity index (χ1n) is 4.02. The van der Waals surface area contributed by atoms with Gasteiger partial charge in [-0.1, -0.05) is 18.2 Å². The highest BCUT2D eigenvalue weighted by atomic mass is 32.2. The summed E-state index contributed by atoms with van der Waals surface area (Å²) in [6.45, 7) is 0. The van der Waals surface area contributed by atoms with Gasteiger partial charge in [0, 0.05) is 6.20 Å². The van der Waals surface area contributed by atoms with Crippen LogP contribution >= 0.6 is 11.3 Å². The fraction of sp³-hybridized carbons (Fsp3) is 0. The van der Waals surface area contributed by atoms with Crippen LogP contribution in [0.4, 0.5) is 0 Å². The molecule has 80 valence electrons. The molecule has 0 saturated carbocycles. The highest BCUT2D eigenvalue weighted by Gasteiger charge is 2.05. The van der Waals surface area contributed by atoms with Crippen molar-refractivity contribution in [1.82, 2.24) is 4.98 Å². The average Bonchev–Trinajstić information content (AvgIpc) is 2.76. The summed E-state index contributed by atoms with van der Waals surface area (Å²) in [5.41, 5.74) is 0. The number of aromatic nitrogens is 1. The molecular formula is C9H10N2O2S2. The van der Waals surface area contributed by atoms with E-state index in [1.54, 1.807) is 23.5 Å². The molecule has 2 aromatic heterocycles. The molecule has 0 aliphatic rings. The van der Waals surface area contributed by atoms with Crippen LogP contribution in [-0.2, 0) is 10.0 Å². The van der Waals surface area contributed by atoms with Crippen molar-refractivity contribution in [3.05, 3.63) is 47.3 Å². The van der Waals surface area contributed by atoms with Gasteiger partial charge < -0.3 is 0 Å². The van der Waals surface area contributed by atoms with Crippen LogP contribution < -0.4 is 5.14 Å². The predicted octanol–water partition coefficient (Wildman–Crippen LogP) is 1.48. The van der Waals surface area contributed by atoms with Crippen LogP contribution in [0.5, 0.6) is 0 Å². The third-order valence-electron chi connectivity index (χ3n) is 1.35. The van der Waals surface area contributed by atoms with Crippen molar-refractivity contribution >= 4 is 21.4 Å². The zero-order chi connectivity index (χ0) is 11.1. The Bertz CT molecular complexity index is 449. The molecule has 0 spiro atoms. The third-order valence-corrected chi connectivity index (χ3v) is 2.81. The molecule has 0 unspecified atom stereocenters. The van der Waals surface area contributed by atoms with Crippen LogP contribution in [0.2, 0.25) is 0 Å². The van der Waals surface area contributed by atoms with Crippen LogP contribution in [0, 0.1) is 0 Å². The summed E-state index contributed by atoms with van der Waals surface area (Å²) in [7, 11) is -3.61. The number of rotatable bonds is 1. The minimum atomic E-state index is -3.61. The number of nitrogens with two attached hydrogens (primary N) is 1. The van der Waals surface area contributed by atoms with Gasteiger partial charge in [-0.25, -0.2) is 18.5 Å². The van der Waals surface area contributed by atoms with Crippen molar-refractivity contribution in [2.45, 2.75) is 5.03 Å². The maximum atomic E-state index is 10.5. The zero-order valence-corrected chi connectivity index (χ0v) is 9.41. The fourth-order valence-corrected chi connectivity index (χ4v) is 1.67. The third kappa shape index (κ3) is 4.68. The predicted molar refractivity (Wildman–Crippen MR) is 59.9 cm³/mol. The van der Waals surface area contributed by atoms with Gasteiger partial charge in [0.25, 0.3) is 10.0 Å². The molecule has 15 heavy (non-hydrogen) atoms. The van der Waals surface area contributed by atoms with Crippen molar-refractivity contribution in [2.24, 2.45) is 5.14 Å². The van der Waals surface area contributed by atoms with Gasteiger partial charge in [-0.05, 0) is 22.9 Å². The van der Waals surface area contributed by atoms with Gasteiger partial charge in [-0.2, -0.15) is 11.3 Å². The highest BCUT2D eigenvalue weighted by molar-refractivity contribution is 7.89. The molecule has 0 amide bonds. The standard InChI is InChI=1S/C5H6N2O2S.C4H4S/c6-10(8,9)5-3-1-2-4-7-5;1-2-4-5-3-1/h1-4H,(H2,6,8,9);1-4H. The second-order valence-corrected chi connectivity index (χ2v) is 4.83. The lowest BCUT2D eigenvalue weighted by Gasteiger charge is -1.92. The molecule has 0 saturated heterocycles. The van der Waals surface area contributed by atoms with Crippen LogP contribution in [0.25, 0.3) is 0 Å². The molecule has 0 bridgehead atoms. The monoisotopic (exact) mass is 242 g/mol. The molecule has 0 fully saturated rings. The lowest BCUT2D eigenvalue weighted by Crippen LogP contribution is -2.13. The highest BCUT2D eigenvalue weighted by Crippen LogP contribution is 1.98. The number of pyridine rings is 1. The maximum absolute atomic E-state index is 10.5. The quantitative estimate of drug-likeness (QED) is 0.823. The second-order valence-electron chi connectivity index (χ2n) is 2.51. The molecule has 2 rings (SSSR count). The van der Waals surface area contributed by atoms with E-state index in [4.69, 9.17) is 5.14 Å². The minimum absolute atomic E-state index is 0.102. The maximum Gasteiger partial charge on any atom is 0.255 e. The Kier molecular flexibility index (Phi) is 4.41. The summed E-state index contributed by atoms with van der Waals surface area (Å²) < 4.78 is 21.1. The molecule has 2 aromatic rings. The Labute approximate surface area is 92.5 Å². The molecule has 2 N–H and O–H groups in total. The van der Waals surface area contributed by atoms with Gasteiger partial charge in [-0.3, -0.25) is 0 Å². The van der Waals surface area contributed by atoms with Gasteiger partial charge in [0.05, 0.1) is 0 Å². The Morgan fingerprint density at radius 1 is 1.13 bits per heavy atom. The molecule has 2 heterocycles. The topological polar surface area (TPSA) is 73.1 Å². The summed E-state index contributed by atoms with van der Waals surface area (Å²) in [4.78, 5) is 3.54. The van der Waals surface area contributed by atoms with Crippen LogP contribution in [0.15, 0.2) is 52.3 Å². The first-order chi connectivity index (χ1) is 7.11. The van der Waals surface area contributed by atoms with Gasteiger partial charge in [0.2, 0.25) is 0 Å². The summed E-state index contributed by atoms with van der Waals surface area (Å²) >= 11 is 1.71. The Hall–Kier alpha value is -1.24. The number of thiophene rings is 1. The molecule has 4 nitrogen and oxygen atoms in total. The number of hydrogen-bond acceptors (Lipinski definition) is 4. The van der Waals surface area contributed by atoms with E-state index in [9.17, 15) is 8.42 Å². The molecule has 0 aliphatic carbocycles. The molecule has 0 radical (unpaired) electrons. The average molecular weight is 242 g/mol. The lowest BCUT2D eigenvalue weighted by molar-refractivity contribution is 0.594. The SMILES string of the molecule is NS(=O)(=O)c1ccccn1.c1ccsc1. The van der Waals surface area contributed by atoms with E-state index in [1.807, 2.05) is 22.9 Å². The smallest absolute Gasteiger partial charge is 0.243 e. The van der Waals surface area contributed by atoms with Crippen molar-refractivity contribution < 1.29 is 8.42 Å². The molecule has 0 aliphatic heterocycles. The Morgan fingerprint density at radius 2 is 1.80 bits per heavy atom. The number of primary sulfonamides is 1. The van der Waals surface area contributed by atoms with E-state index < -0.39 is 10.0 Å². The minimum Gasteiger partial charge on any atom is -0.243 e. The largest absolute Gasteiger partial charge is 0.255 e. The van der Waals surface area contributed by atoms with E-state index in [0.717, 1.165) is 0 Å². The van der Waals surface area contributed by atoms with E-state index >= 15 is 0 Å². The van der Waals surface area contributed by atoms with Crippen molar-refractivity contribution in [3.63, 3.8) is 0 Å². The van der Waals surface area contributed by atoms with Crippen LogP contribution in [0.3, 0.4) is 0 Å². The summed E-state index contributed by atoms with van der Waals surface area (Å²) in [5, 5.41) is 8.75. The molecule has 0 atom stereocenters. The summed E-state index contributed by atoms with van der Waals surface area (Å²) in [5.74, 6) is 0. The van der Waals surface area contributed by atoms with Crippen molar-refractivity contribution in [1.29, 1.82) is 0 Å². The van der Waals surface area contributed by atoms with Crippen LogP contribution in [0.1, 0.15) is 0 Å². The normalized spacial score (nSPS) is 10.2. The Balaban J connectivity index is 0.000000187. The fourth-order valence-electron chi connectivity index (χ4n) is 0.742. The van der Waals surface area contributed by atoms with Crippen LogP contribution in [-0.4, -0.2) is 13.4 Å². The number of nitrogens with zero attached hydrogens (tertiary/aromatic N) is 1. The Morgan fingerprint density at radius 3 is 2.07 bits per heavy atom. The molecular weight excluding hydrogens is 232 g/mol. The number of sulfonamides is 1. The number of hydrogen-bond donors (Lipinski definition) is 1. The van der Waals surface area contributed by atoms with Crippen molar-refractivity contribution in [2.75, 3.05) is 0 Å². The van der Waals surface area contributed by atoms with Crippen molar-refractivity contribution in [3.8, 4) is 0 Å². The molecule has 0 aromatic carbocycles. The van der Waals surface area contributed by atoms with Gasteiger partial charge in [0.15, 0.2) is 5.03 Å². The first-order valence-corrected chi connectivity index (χ1v) is 6.50. The van der Waals surface area contributed by atoms with E-state index in [0.29, 0.717) is 0 Å². The van der Waals surface area contributed by atoms with Gasteiger partial charge in [0.1, 0.15) is 0 Å². The lowest BCUT2D eigenvalue weighted by atomic mass is 10.5. The summed E-state index contributed by atoms with van der Waals surface area (Å²) in [6, 6.07) is 8.56. The van der Waals surface area contributed by atoms with E-state index in [-0.39, 0.29) is 5.03 Å². The second kappa shape index (κ2) is 5.59.